The van der Waals surface area contributed by atoms with Crippen molar-refractivity contribution in [1.29, 1.82) is 0 Å². The molecule has 146 valence electrons. The molecule has 0 unspecified atom stereocenters. The Bertz CT molecular complexity index is 399. The summed E-state index contributed by atoms with van der Waals surface area (Å²) in [5, 5.41) is 0. The van der Waals surface area contributed by atoms with Gasteiger partial charge in [-0.1, -0.05) is 0 Å². The van der Waals surface area contributed by atoms with Crippen LogP contribution in [0.25, 0.3) is 0 Å². The summed E-state index contributed by atoms with van der Waals surface area (Å²) in [4.78, 5) is 8.16. The van der Waals surface area contributed by atoms with E-state index in [2.05, 4.69) is 49.3 Å². The third-order valence-corrected chi connectivity index (χ3v) is 7.59. The van der Waals surface area contributed by atoms with Crippen molar-refractivity contribution in [2.75, 3.05) is 45.8 Å². The number of nitrogens with zero attached hydrogens (tertiary/aromatic N) is 3. The number of rotatable bonds is 3. The Hall–Kier alpha value is -0.120. The molecule has 3 aliphatic heterocycles. The van der Waals surface area contributed by atoms with Gasteiger partial charge >= 0.3 is 0 Å². The minimum atomic E-state index is 0.354. The second-order valence-electron chi connectivity index (χ2n) is 10.5. The van der Waals surface area contributed by atoms with Crippen molar-refractivity contribution < 1.29 is 0 Å². The van der Waals surface area contributed by atoms with Crippen LogP contribution in [0.15, 0.2) is 0 Å². The molecular weight excluding hydrogens is 306 g/mol. The van der Waals surface area contributed by atoms with E-state index >= 15 is 0 Å². The predicted octanol–water partition coefficient (Wildman–Crippen LogP) is 4.08. The molecule has 0 bridgehead atoms. The van der Waals surface area contributed by atoms with Gasteiger partial charge in [0.2, 0.25) is 0 Å². The molecule has 0 aromatic heterocycles. The van der Waals surface area contributed by atoms with Crippen LogP contribution in [-0.4, -0.2) is 72.1 Å². The Morgan fingerprint density at radius 2 is 1.36 bits per heavy atom. The molecule has 0 saturated carbocycles. The maximum atomic E-state index is 2.80. The van der Waals surface area contributed by atoms with Crippen LogP contribution in [0.5, 0.6) is 0 Å². The monoisotopic (exact) mass is 349 g/mol. The Morgan fingerprint density at radius 3 is 1.84 bits per heavy atom. The second kappa shape index (κ2) is 7.86. The Balaban J connectivity index is 1.39. The van der Waals surface area contributed by atoms with E-state index in [4.69, 9.17) is 0 Å². The molecule has 0 amide bonds. The first-order chi connectivity index (χ1) is 11.8. The van der Waals surface area contributed by atoms with Crippen LogP contribution in [0.1, 0.15) is 73.1 Å². The van der Waals surface area contributed by atoms with Crippen LogP contribution in [0, 0.1) is 11.3 Å². The van der Waals surface area contributed by atoms with Gasteiger partial charge in [-0.2, -0.15) is 0 Å². The number of hydrogen-bond donors (Lipinski definition) is 0. The molecule has 0 aromatic carbocycles. The zero-order valence-corrected chi connectivity index (χ0v) is 17.7. The summed E-state index contributed by atoms with van der Waals surface area (Å²) in [6.07, 6.45) is 8.62. The number of likely N-dealkylation sites (tertiary alicyclic amines) is 3. The van der Waals surface area contributed by atoms with Crippen molar-refractivity contribution in [1.82, 2.24) is 14.7 Å². The third-order valence-electron chi connectivity index (χ3n) is 7.59. The molecule has 1 spiro atoms. The highest BCUT2D eigenvalue weighted by Crippen LogP contribution is 2.42. The Morgan fingerprint density at radius 1 is 0.840 bits per heavy atom. The van der Waals surface area contributed by atoms with E-state index in [1.807, 2.05) is 0 Å². The van der Waals surface area contributed by atoms with Crippen molar-refractivity contribution >= 4 is 0 Å². The SMILES string of the molecule is CC(C)N1CCC2(CCN(CC3CCN(C(C)(C)C)CC3)CC2)CC1. The first kappa shape index (κ1) is 19.6. The minimum Gasteiger partial charge on any atom is -0.303 e. The molecule has 0 radical (unpaired) electrons. The van der Waals surface area contributed by atoms with E-state index in [9.17, 15) is 0 Å². The summed E-state index contributed by atoms with van der Waals surface area (Å²) in [7, 11) is 0. The van der Waals surface area contributed by atoms with Crippen molar-refractivity contribution in [3.8, 4) is 0 Å². The van der Waals surface area contributed by atoms with E-state index in [1.165, 1.54) is 84.3 Å². The van der Waals surface area contributed by atoms with Crippen LogP contribution in [-0.2, 0) is 0 Å². The van der Waals surface area contributed by atoms with Gasteiger partial charge in [-0.15, -0.1) is 0 Å². The van der Waals surface area contributed by atoms with E-state index < -0.39 is 0 Å². The summed E-state index contributed by atoms with van der Waals surface area (Å²) < 4.78 is 0. The molecular formula is C22H43N3. The fraction of sp³-hybridized carbons (Fsp3) is 1.00. The molecule has 3 heterocycles. The summed E-state index contributed by atoms with van der Waals surface area (Å²) in [5.41, 5.74) is 1.05. The van der Waals surface area contributed by atoms with Gasteiger partial charge in [-0.3, -0.25) is 4.90 Å². The molecule has 3 rings (SSSR count). The van der Waals surface area contributed by atoms with Crippen molar-refractivity contribution in [3.05, 3.63) is 0 Å². The average Bonchev–Trinajstić information content (AvgIpc) is 2.57. The fourth-order valence-corrected chi connectivity index (χ4v) is 5.38. The molecule has 0 atom stereocenters. The van der Waals surface area contributed by atoms with E-state index in [-0.39, 0.29) is 0 Å². The summed E-state index contributed by atoms with van der Waals surface area (Å²) in [6.45, 7) is 21.2. The summed E-state index contributed by atoms with van der Waals surface area (Å²) >= 11 is 0. The fourth-order valence-electron chi connectivity index (χ4n) is 5.38. The molecule has 3 aliphatic rings. The first-order valence-electron chi connectivity index (χ1n) is 11.0. The van der Waals surface area contributed by atoms with Gasteiger partial charge in [0.15, 0.2) is 0 Å². The zero-order chi connectivity index (χ0) is 18.1. The van der Waals surface area contributed by atoms with E-state index in [0.29, 0.717) is 11.0 Å². The summed E-state index contributed by atoms with van der Waals surface area (Å²) in [6, 6.07) is 0.733. The van der Waals surface area contributed by atoms with Gasteiger partial charge in [0.1, 0.15) is 0 Å². The van der Waals surface area contributed by atoms with Crippen molar-refractivity contribution in [3.63, 3.8) is 0 Å². The van der Waals surface area contributed by atoms with Crippen molar-refractivity contribution in [2.45, 2.75) is 84.7 Å². The predicted molar refractivity (Wildman–Crippen MR) is 108 cm³/mol. The van der Waals surface area contributed by atoms with Gasteiger partial charge < -0.3 is 9.80 Å². The largest absolute Gasteiger partial charge is 0.303 e. The lowest BCUT2D eigenvalue weighted by atomic mass is 9.71. The molecule has 3 saturated heterocycles. The van der Waals surface area contributed by atoms with Crippen LogP contribution in [0.4, 0.5) is 0 Å². The lowest BCUT2D eigenvalue weighted by molar-refractivity contribution is 0.0138. The van der Waals surface area contributed by atoms with Gasteiger partial charge in [-0.25, -0.2) is 0 Å². The number of piperidine rings is 3. The van der Waals surface area contributed by atoms with Gasteiger partial charge in [-0.05, 0) is 124 Å². The Kier molecular flexibility index (Phi) is 6.17. The van der Waals surface area contributed by atoms with E-state index in [1.54, 1.807) is 0 Å². The molecule has 0 N–H and O–H groups in total. The van der Waals surface area contributed by atoms with Gasteiger partial charge in [0.25, 0.3) is 0 Å². The smallest absolute Gasteiger partial charge is 0.0125 e. The first-order valence-corrected chi connectivity index (χ1v) is 11.0. The van der Waals surface area contributed by atoms with Crippen LogP contribution >= 0.6 is 0 Å². The molecule has 3 fully saturated rings. The van der Waals surface area contributed by atoms with Crippen LogP contribution in [0.2, 0.25) is 0 Å². The molecule has 3 nitrogen and oxygen atoms in total. The molecule has 3 heteroatoms. The lowest BCUT2D eigenvalue weighted by Gasteiger charge is -2.48. The number of hydrogen-bond acceptors (Lipinski definition) is 3. The van der Waals surface area contributed by atoms with Crippen molar-refractivity contribution in [2.24, 2.45) is 11.3 Å². The third kappa shape index (κ3) is 4.99. The van der Waals surface area contributed by atoms with Gasteiger partial charge in [0, 0.05) is 18.1 Å². The topological polar surface area (TPSA) is 9.72 Å². The second-order valence-corrected chi connectivity index (χ2v) is 10.5. The summed E-state index contributed by atoms with van der Waals surface area (Å²) in [5.74, 6) is 0.940. The lowest BCUT2D eigenvalue weighted by Crippen LogP contribution is -2.50. The quantitative estimate of drug-likeness (QED) is 0.760. The highest BCUT2D eigenvalue weighted by Gasteiger charge is 2.38. The maximum Gasteiger partial charge on any atom is 0.0125 e. The van der Waals surface area contributed by atoms with E-state index in [0.717, 1.165) is 12.0 Å². The van der Waals surface area contributed by atoms with Crippen LogP contribution < -0.4 is 0 Å². The van der Waals surface area contributed by atoms with Crippen LogP contribution in [0.3, 0.4) is 0 Å². The standard InChI is InChI=1S/C22H43N3/c1-19(2)24-16-10-22(11-17-24)8-14-23(15-9-22)18-20-6-12-25(13-7-20)21(3,4)5/h19-20H,6-18H2,1-5H3. The molecule has 25 heavy (non-hydrogen) atoms. The zero-order valence-electron chi connectivity index (χ0n) is 17.7. The molecule has 0 aliphatic carbocycles. The highest BCUT2D eigenvalue weighted by molar-refractivity contribution is 4.92. The van der Waals surface area contributed by atoms with Gasteiger partial charge in [0.05, 0.1) is 0 Å². The normalized spacial score (nSPS) is 28.1. The highest BCUT2D eigenvalue weighted by atomic mass is 15.2. The Labute approximate surface area is 157 Å². The average molecular weight is 350 g/mol. The minimum absolute atomic E-state index is 0.354. The maximum absolute atomic E-state index is 2.80. The molecule has 0 aromatic rings.